The number of carboxylic acids is 1. The van der Waals surface area contributed by atoms with Gasteiger partial charge in [0.1, 0.15) is 24.5 Å². The zero-order valence-corrected chi connectivity index (χ0v) is 24.9. The number of halogens is 3. The molecule has 1 saturated heterocycles. The Morgan fingerprint density at radius 3 is 2.52 bits per heavy atom. The van der Waals surface area contributed by atoms with Crippen LogP contribution in [0.3, 0.4) is 0 Å². The maximum absolute atomic E-state index is 13.8. The first kappa shape index (κ1) is 31.2. The Bertz CT molecular complexity index is 1670. The van der Waals surface area contributed by atoms with Gasteiger partial charge in [0, 0.05) is 23.5 Å². The topological polar surface area (TPSA) is 118 Å². The molecule has 4 heterocycles. The second-order valence-corrected chi connectivity index (χ2v) is 11.8. The van der Waals surface area contributed by atoms with Crippen molar-refractivity contribution in [1.29, 1.82) is 0 Å². The molecule has 2 N–H and O–H groups in total. The van der Waals surface area contributed by atoms with Crippen molar-refractivity contribution in [3.8, 4) is 22.1 Å². The first-order valence-corrected chi connectivity index (χ1v) is 14.9. The number of aliphatic hydroxyl groups is 1. The van der Waals surface area contributed by atoms with E-state index in [0.717, 1.165) is 40.1 Å². The number of carboxylic acid groups (broad SMARTS) is 1. The van der Waals surface area contributed by atoms with Gasteiger partial charge in [-0.3, -0.25) is 4.79 Å². The van der Waals surface area contributed by atoms with Crippen LogP contribution in [0.2, 0.25) is 0 Å². The van der Waals surface area contributed by atoms with Gasteiger partial charge in [0.15, 0.2) is 11.5 Å². The average molecular weight is 629 g/mol. The highest BCUT2D eigenvalue weighted by Gasteiger charge is 2.41. The number of rotatable bonds is 9. The van der Waals surface area contributed by atoms with Gasteiger partial charge in [0.05, 0.1) is 16.8 Å². The summed E-state index contributed by atoms with van der Waals surface area (Å²) in [4.78, 5) is 31.1. The number of benzene rings is 1. The molecule has 0 atom stereocenters. The van der Waals surface area contributed by atoms with Gasteiger partial charge < -0.3 is 19.8 Å². The number of hydrogen-bond donors (Lipinski definition) is 2. The third-order valence-electron chi connectivity index (χ3n) is 7.70. The fraction of sp³-hybridized carbons (Fsp3) is 0.355. The molecule has 0 saturated carbocycles. The summed E-state index contributed by atoms with van der Waals surface area (Å²) in [5.41, 5.74) is 1.25. The Morgan fingerprint density at radius 1 is 1.11 bits per heavy atom. The highest BCUT2D eigenvalue weighted by Crippen LogP contribution is 2.37. The number of thiophene rings is 1. The van der Waals surface area contributed by atoms with E-state index in [-0.39, 0.29) is 18.3 Å². The van der Waals surface area contributed by atoms with Crippen molar-refractivity contribution in [2.75, 3.05) is 19.7 Å². The van der Waals surface area contributed by atoms with Gasteiger partial charge in [-0.2, -0.15) is 18.3 Å². The van der Waals surface area contributed by atoms with Crippen molar-refractivity contribution >= 4 is 23.2 Å². The molecule has 9 nitrogen and oxygen atoms in total. The molecule has 1 fully saturated rings. The summed E-state index contributed by atoms with van der Waals surface area (Å²) in [7, 11) is 0. The minimum atomic E-state index is -4.95. The summed E-state index contributed by atoms with van der Waals surface area (Å²) in [5.74, 6) is -1.14. The first-order chi connectivity index (χ1) is 21.0. The molecule has 0 spiro atoms. The van der Waals surface area contributed by atoms with Gasteiger partial charge in [-0.1, -0.05) is 19.1 Å². The number of aromatic nitrogens is 3. The summed E-state index contributed by atoms with van der Waals surface area (Å²) < 4.78 is 48.1. The fourth-order valence-corrected chi connectivity index (χ4v) is 6.58. The molecule has 0 unspecified atom stereocenters. The van der Waals surface area contributed by atoms with Gasteiger partial charge in [-0.05, 0) is 73.6 Å². The van der Waals surface area contributed by atoms with Crippen LogP contribution >= 0.6 is 11.3 Å². The third-order valence-corrected chi connectivity index (χ3v) is 8.81. The van der Waals surface area contributed by atoms with Gasteiger partial charge >= 0.3 is 12.1 Å². The number of piperidine rings is 1. The number of pyridine rings is 1. The van der Waals surface area contributed by atoms with Crippen LogP contribution in [0.5, 0.6) is 5.75 Å². The van der Waals surface area contributed by atoms with E-state index in [0.29, 0.717) is 41.3 Å². The normalized spacial score (nSPS) is 14.2. The number of likely N-dealkylation sites (tertiary alicyclic amines) is 1. The number of hydrogen-bond acceptors (Lipinski definition) is 7. The standard InChI is InChI=1S/C31H31F3N4O5S/c1-3-19-14-22(7-8-23(19)20-9-11-37(12-10-20)27(40)16-39)43-17-21-13-18(2)44-28(21)25-5-4-6-26(36-25)38-29(31(32,33)34)24(15-35-38)30(41)42/h4-8,13-15,20,39H,3,9-12,16-17H2,1-2H3,(H,41,42). The number of alkyl halides is 3. The van der Waals surface area contributed by atoms with E-state index in [1.807, 2.05) is 25.1 Å². The minimum absolute atomic E-state index is 0.157. The predicted octanol–water partition coefficient (Wildman–Crippen LogP) is 5.86. The van der Waals surface area contributed by atoms with E-state index >= 15 is 0 Å². The van der Waals surface area contributed by atoms with Crippen LogP contribution in [-0.2, 0) is 24.0 Å². The first-order valence-electron chi connectivity index (χ1n) is 14.1. The van der Waals surface area contributed by atoms with Gasteiger partial charge in [-0.25, -0.2) is 14.5 Å². The van der Waals surface area contributed by atoms with Crippen molar-refractivity contribution in [3.05, 3.63) is 81.5 Å². The second kappa shape index (κ2) is 12.8. The molecule has 1 amide bonds. The Morgan fingerprint density at radius 2 is 1.86 bits per heavy atom. The zero-order valence-electron chi connectivity index (χ0n) is 24.1. The molecular formula is C31H31F3N4O5S. The summed E-state index contributed by atoms with van der Waals surface area (Å²) >= 11 is 1.43. The molecule has 0 bridgehead atoms. The summed E-state index contributed by atoms with van der Waals surface area (Å²) in [6.45, 7) is 4.95. The maximum atomic E-state index is 13.8. The van der Waals surface area contributed by atoms with E-state index in [4.69, 9.17) is 9.84 Å². The van der Waals surface area contributed by atoms with Crippen molar-refractivity contribution < 1.29 is 37.7 Å². The number of carbonyl (C=O) groups is 2. The van der Waals surface area contributed by atoms with E-state index in [9.17, 15) is 27.9 Å². The van der Waals surface area contributed by atoms with Crippen molar-refractivity contribution in [2.24, 2.45) is 0 Å². The summed E-state index contributed by atoms with van der Waals surface area (Å²) in [5, 5.41) is 22.1. The largest absolute Gasteiger partial charge is 0.489 e. The minimum Gasteiger partial charge on any atom is -0.489 e. The molecule has 0 radical (unpaired) electrons. The Hall–Kier alpha value is -4.23. The average Bonchev–Trinajstić information content (AvgIpc) is 3.64. The summed E-state index contributed by atoms with van der Waals surface area (Å²) in [6, 6.07) is 12.5. The SMILES string of the molecule is CCc1cc(OCc2cc(C)sc2-c2cccc(-n3ncc(C(=O)O)c3C(F)(F)F)n2)ccc1C1CCN(C(=O)CO)CC1. The van der Waals surface area contributed by atoms with Gasteiger partial charge in [0.25, 0.3) is 0 Å². The van der Waals surface area contributed by atoms with Crippen LogP contribution in [-0.4, -0.2) is 61.5 Å². The predicted molar refractivity (Wildman–Crippen MR) is 157 cm³/mol. The van der Waals surface area contributed by atoms with Crippen LogP contribution in [0.1, 0.15) is 63.3 Å². The highest BCUT2D eigenvalue weighted by molar-refractivity contribution is 7.15. The number of nitrogens with zero attached hydrogens (tertiary/aromatic N) is 4. The van der Waals surface area contributed by atoms with E-state index in [1.165, 1.54) is 23.0 Å². The number of aliphatic hydroxyl groups excluding tert-OH is 1. The number of amides is 1. The highest BCUT2D eigenvalue weighted by atomic mass is 32.1. The lowest BCUT2D eigenvalue weighted by atomic mass is 9.85. The number of aryl methyl sites for hydroxylation is 2. The zero-order chi connectivity index (χ0) is 31.6. The maximum Gasteiger partial charge on any atom is 0.434 e. The number of ether oxygens (including phenoxy) is 1. The van der Waals surface area contributed by atoms with Crippen molar-refractivity contribution in [3.63, 3.8) is 0 Å². The molecular weight excluding hydrogens is 597 g/mol. The smallest absolute Gasteiger partial charge is 0.434 e. The van der Waals surface area contributed by atoms with Gasteiger partial charge in [0.2, 0.25) is 5.91 Å². The van der Waals surface area contributed by atoms with Crippen LogP contribution < -0.4 is 4.74 Å². The molecule has 3 aromatic heterocycles. The van der Waals surface area contributed by atoms with Crippen LogP contribution in [0, 0.1) is 6.92 Å². The van der Waals surface area contributed by atoms with E-state index in [2.05, 4.69) is 23.1 Å². The molecule has 4 aromatic rings. The molecule has 1 aromatic carbocycles. The summed E-state index contributed by atoms with van der Waals surface area (Å²) in [6.07, 6.45) is -1.83. The monoisotopic (exact) mass is 628 g/mol. The van der Waals surface area contributed by atoms with Gasteiger partial charge in [-0.15, -0.1) is 11.3 Å². The molecule has 5 rings (SSSR count). The lowest BCUT2D eigenvalue weighted by molar-refractivity contribution is -0.143. The van der Waals surface area contributed by atoms with Crippen LogP contribution in [0.15, 0.2) is 48.7 Å². The molecule has 1 aliphatic rings. The molecule has 44 heavy (non-hydrogen) atoms. The third kappa shape index (κ3) is 6.48. The Balaban J connectivity index is 1.35. The van der Waals surface area contributed by atoms with Crippen LogP contribution in [0.4, 0.5) is 13.2 Å². The molecule has 1 aliphatic heterocycles. The lowest BCUT2D eigenvalue weighted by Crippen LogP contribution is -2.39. The molecule has 0 aliphatic carbocycles. The molecule has 232 valence electrons. The van der Waals surface area contributed by atoms with Crippen LogP contribution in [0.25, 0.3) is 16.4 Å². The Kier molecular flexibility index (Phi) is 9.07. The lowest BCUT2D eigenvalue weighted by Gasteiger charge is -2.32. The number of carbonyl (C=O) groups excluding carboxylic acids is 1. The van der Waals surface area contributed by atoms with E-state index in [1.54, 1.807) is 17.0 Å². The number of aromatic carboxylic acids is 1. The molecule has 13 heteroatoms. The van der Waals surface area contributed by atoms with Crippen molar-refractivity contribution in [1.82, 2.24) is 19.7 Å². The second-order valence-electron chi connectivity index (χ2n) is 10.5. The fourth-order valence-electron chi connectivity index (χ4n) is 5.59. The quantitative estimate of drug-likeness (QED) is 0.238. The van der Waals surface area contributed by atoms with Crippen molar-refractivity contribution in [2.45, 2.75) is 51.8 Å². The van der Waals surface area contributed by atoms with E-state index < -0.39 is 30.0 Å². The Labute approximate surface area is 255 Å².